The second-order valence-electron chi connectivity index (χ2n) is 5.29. The Labute approximate surface area is 152 Å². The first-order valence-corrected chi connectivity index (χ1v) is 10.7. The molecule has 0 atom stereocenters. The highest BCUT2D eigenvalue weighted by molar-refractivity contribution is 7.98. The van der Waals surface area contributed by atoms with Crippen LogP contribution in [-0.2, 0) is 25.4 Å². The van der Waals surface area contributed by atoms with E-state index in [1.807, 2.05) is 6.07 Å². The molecule has 0 saturated heterocycles. The number of carboxylic acid groups (broad SMARTS) is 1. The van der Waals surface area contributed by atoms with Crippen molar-refractivity contribution in [3.63, 3.8) is 0 Å². The minimum absolute atomic E-state index is 0.101. The van der Waals surface area contributed by atoms with E-state index in [4.69, 9.17) is 5.11 Å². The number of rotatable bonds is 11. The van der Waals surface area contributed by atoms with E-state index in [1.54, 1.807) is 32.0 Å². The SMILES string of the molecule is CCN(CC)S(=O)(=O)CC(=O)Nc1cccc(CSCCC(=O)O)c1. The number of hydrogen-bond donors (Lipinski definition) is 2. The molecule has 2 N–H and O–H groups in total. The molecule has 1 aromatic rings. The van der Waals surface area contributed by atoms with Crippen molar-refractivity contribution in [2.45, 2.75) is 26.0 Å². The Morgan fingerprint density at radius 2 is 1.92 bits per heavy atom. The summed E-state index contributed by atoms with van der Waals surface area (Å²) in [4.78, 5) is 22.5. The third-order valence-electron chi connectivity index (χ3n) is 3.35. The van der Waals surface area contributed by atoms with Gasteiger partial charge in [0.15, 0.2) is 0 Å². The van der Waals surface area contributed by atoms with Gasteiger partial charge in [0.25, 0.3) is 0 Å². The Kier molecular flexibility index (Phi) is 8.95. The molecule has 0 aliphatic heterocycles. The Morgan fingerprint density at radius 3 is 2.52 bits per heavy atom. The minimum Gasteiger partial charge on any atom is -0.481 e. The lowest BCUT2D eigenvalue weighted by molar-refractivity contribution is -0.136. The number of thioether (sulfide) groups is 1. The number of nitrogens with zero attached hydrogens (tertiary/aromatic N) is 1. The number of carboxylic acids is 1. The van der Waals surface area contributed by atoms with Gasteiger partial charge >= 0.3 is 5.97 Å². The van der Waals surface area contributed by atoms with Crippen LogP contribution in [0.1, 0.15) is 25.8 Å². The maximum atomic E-state index is 12.1. The Balaban J connectivity index is 2.60. The van der Waals surface area contributed by atoms with E-state index < -0.39 is 27.7 Å². The van der Waals surface area contributed by atoms with Gasteiger partial charge in [-0.05, 0) is 17.7 Å². The standard InChI is InChI=1S/C16H24N2O5S2/c1-3-18(4-2)25(22,23)12-15(19)17-14-7-5-6-13(10-14)11-24-9-8-16(20)21/h5-7,10H,3-4,8-9,11-12H2,1-2H3,(H,17,19)(H,20,21). The molecule has 7 nitrogen and oxygen atoms in total. The fraction of sp³-hybridized carbons (Fsp3) is 0.500. The third kappa shape index (κ3) is 7.89. The number of benzene rings is 1. The number of amides is 1. The van der Waals surface area contributed by atoms with Crippen molar-refractivity contribution in [2.75, 3.05) is 29.9 Å². The molecule has 9 heteroatoms. The minimum atomic E-state index is -3.62. The van der Waals surface area contributed by atoms with Crippen LogP contribution < -0.4 is 5.32 Å². The van der Waals surface area contributed by atoms with Gasteiger partial charge in [0, 0.05) is 30.3 Å². The number of hydrogen-bond acceptors (Lipinski definition) is 5. The second-order valence-corrected chi connectivity index (χ2v) is 8.36. The van der Waals surface area contributed by atoms with Crippen LogP contribution in [0.3, 0.4) is 0 Å². The molecule has 140 valence electrons. The molecule has 0 aromatic heterocycles. The summed E-state index contributed by atoms with van der Waals surface area (Å²) >= 11 is 1.49. The molecule has 0 spiro atoms. The summed E-state index contributed by atoms with van der Waals surface area (Å²) in [7, 11) is -3.62. The van der Waals surface area contributed by atoms with Gasteiger partial charge < -0.3 is 10.4 Å². The average Bonchev–Trinajstić information content (AvgIpc) is 2.52. The van der Waals surface area contributed by atoms with Crippen LogP contribution in [-0.4, -0.2) is 54.3 Å². The van der Waals surface area contributed by atoms with E-state index in [0.717, 1.165) is 5.56 Å². The summed E-state index contributed by atoms with van der Waals surface area (Å²) in [5, 5.41) is 11.2. The highest BCUT2D eigenvalue weighted by Gasteiger charge is 2.22. The maximum absolute atomic E-state index is 12.1. The van der Waals surface area contributed by atoms with E-state index in [9.17, 15) is 18.0 Å². The van der Waals surface area contributed by atoms with Crippen molar-refractivity contribution >= 4 is 39.3 Å². The molecule has 0 bridgehead atoms. The van der Waals surface area contributed by atoms with E-state index >= 15 is 0 Å². The molecule has 0 aliphatic carbocycles. The predicted molar refractivity (Wildman–Crippen MR) is 100 cm³/mol. The molecular weight excluding hydrogens is 364 g/mol. The van der Waals surface area contributed by atoms with Crippen LogP contribution in [0.4, 0.5) is 5.69 Å². The average molecular weight is 389 g/mol. The predicted octanol–water partition coefficient (Wildman–Crippen LogP) is 2.00. The van der Waals surface area contributed by atoms with Gasteiger partial charge in [-0.3, -0.25) is 9.59 Å². The number of sulfonamides is 1. The molecule has 0 heterocycles. The third-order valence-corrected chi connectivity index (χ3v) is 6.31. The Hall–Kier alpha value is -1.58. The molecular formula is C16H24N2O5S2. The zero-order chi connectivity index (χ0) is 18.9. The topological polar surface area (TPSA) is 104 Å². The number of nitrogens with one attached hydrogen (secondary N) is 1. The molecule has 1 rings (SSSR count). The molecule has 0 aliphatic rings. The lowest BCUT2D eigenvalue weighted by Gasteiger charge is -2.18. The Morgan fingerprint density at radius 1 is 1.24 bits per heavy atom. The van der Waals surface area contributed by atoms with E-state index in [-0.39, 0.29) is 6.42 Å². The summed E-state index contributed by atoms with van der Waals surface area (Å²) in [6.07, 6.45) is 0.101. The molecule has 0 radical (unpaired) electrons. The monoisotopic (exact) mass is 388 g/mol. The van der Waals surface area contributed by atoms with Crippen molar-refractivity contribution in [3.8, 4) is 0 Å². The van der Waals surface area contributed by atoms with Gasteiger partial charge in [-0.2, -0.15) is 11.8 Å². The fourth-order valence-electron chi connectivity index (χ4n) is 2.16. The van der Waals surface area contributed by atoms with Crippen molar-refractivity contribution in [1.82, 2.24) is 4.31 Å². The molecule has 0 fully saturated rings. The number of carbonyl (C=O) groups is 2. The number of anilines is 1. The highest BCUT2D eigenvalue weighted by Crippen LogP contribution is 2.17. The summed E-state index contributed by atoms with van der Waals surface area (Å²) in [5.41, 5.74) is 1.45. The summed E-state index contributed by atoms with van der Waals surface area (Å²) < 4.78 is 25.5. The van der Waals surface area contributed by atoms with Crippen LogP contribution in [0.15, 0.2) is 24.3 Å². The zero-order valence-electron chi connectivity index (χ0n) is 14.4. The van der Waals surface area contributed by atoms with Gasteiger partial charge in [0.05, 0.1) is 6.42 Å². The van der Waals surface area contributed by atoms with Crippen molar-refractivity contribution in [2.24, 2.45) is 0 Å². The van der Waals surface area contributed by atoms with Crippen LogP contribution in [0.5, 0.6) is 0 Å². The number of aliphatic carboxylic acids is 1. The highest BCUT2D eigenvalue weighted by atomic mass is 32.2. The van der Waals surface area contributed by atoms with Gasteiger partial charge in [0.1, 0.15) is 5.75 Å². The quantitative estimate of drug-likeness (QED) is 0.562. The molecule has 0 unspecified atom stereocenters. The summed E-state index contributed by atoms with van der Waals surface area (Å²) in [6, 6.07) is 7.08. The van der Waals surface area contributed by atoms with Gasteiger partial charge in [-0.1, -0.05) is 26.0 Å². The van der Waals surface area contributed by atoms with E-state index in [0.29, 0.717) is 30.3 Å². The summed E-state index contributed by atoms with van der Waals surface area (Å²) in [6.45, 7) is 4.11. The lowest BCUT2D eigenvalue weighted by atomic mass is 10.2. The Bertz CT molecular complexity index is 688. The van der Waals surface area contributed by atoms with Gasteiger partial charge in [0.2, 0.25) is 15.9 Å². The van der Waals surface area contributed by atoms with E-state index in [1.165, 1.54) is 16.1 Å². The van der Waals surface area contributed by atoms with Gasteiger partial charge in [-0.15, -0.1) is 0 Å². The lowest BCUT2D eigenvalue weighted by Crippen LogP contribution is -2.36. The largest absolute Gasteiger partial charge is 0.481 e. The fourth-order valence-corrected chi connectivity index (χ4v) is 4.41. The van der Waals surface area contributed by atoms with Crippen molar-refractivity contribution in [1.29, 1.82) is 0 Å². The van der Waals surface area contributed by atoms with Crippen LogP contribution in [0, 0.1) is 0 Å². The van der Waals surface area contributed by atoms with Crippen LogP contribution in [0.25, 0.3) is 0 Å². The zero-order valence-corrected chi connectivity index (χ0v) is 16.0. The first-order chi connectivity index (χ1) is 11.8. The first-order valence-electron chi connectivity index (χ1n) is 7.94. The number of carbonyl (C=O) groups excluding carboxylic acids is 1. The van der Waals surface area contributed by atoms with Crippen LogP contribution in [0.2, 0.25) is 0 Å². The van der Waals surface area contributed by atoms with E-state index in [2.05, 4.69) is 5.32 Å². The maximum Gasteiger partial charge on any atom is 0.304 e. The smallest absolute Gasteiger partial charge is 0.304 e. The van der Waals surface area contributed by atoms with Crippen molar-refractivity contribution < 1.29 is 23.1 Å². The normalized spacial score (nSPS) is 11.5. The molecule has 0 saturated carbocycles. The van der Waals surface area contributed by atoms with Crippen molar-refractivity contribution in [3.05, 3.63) is 29.8 Å². The van der Waals surface area contributed by atoms with Crippen LogP contribution >= 0.6 is 11.8 Å². The molecule has 1 aromatic carbocycles. The molecule has 25 heavy (non-hydrogen) atoms. The van der Waals surface area contributed by atoms with Gasteiger partial charge in [-0.25, -0.2) is 12.7 Å². The summed E-state index contributed by atoms with van der Waals surface area (Å²) in [5.74, 6) is -0.875. The second kappa shape index (κ2) is 10.4. The molecule has 1 amide bonds. The first kappa shape index (κ1) is 21.5.